The molecule has 0 aromatic heterocycles. The summed E-state index contributed by atoms with van der Waals surface area (Å²) in [6.07, 6.45) is -0.605. The lowest BCUT2D eigenvalue weighted by Gasteiger charge is -2.16. The van der Waals surface area contributed by atoms with Gasteiger partial charge in [-0.3, -0.25) is 0 Å². The molecule has 72 valence electrons. The fourth-order valence-electron chi connectivity index (χ4n) is 1.03. The number of nitrogens with two attached hydrogens (primary N) is 1. The Kier molecular flexibility index (Phi) is 3.74. The van der Waals surface area contributed by atoms with Gasteiger partial charge in [0.05, 0.1) is 12.1 Å². The van der Waals surface area contributed by atoms with Gasteiger partial charge in [-0.05, 0) is 30.7 Å². The van der Waals surface area contributed by atoms with Crippen LogP contribution in [0.15, 0.2) is 22.7 Å². The van der Waals surface area contributed by atoms with Crippen molar-refractivity contribution in [3.05, 3.63) is 33.3 Å². The van der Waals surface area contributed by atoms with Crippen molar-refractivity contribution in [2.24, 2.45) is 5.73 Å². The standard InChI is InChI=1S/C9H11BrClNO/c1-5(13)9(12)7-4-6(10)2-3-8(7)11/h2-5,9,13H,12H2,1H3/t5-,9-/m1/s1. The average molecular weight is 265 g/mol. The monoisotopic (exact) mass is 263 g/mol. The van der Waals surface area contributed by atoms with Crippen LogP contribution in [0.25, 0.3) is 0 Å². The van der Waals surface area contributed by atoms with Crippen LogP contribution in [0, 0.1) is 0 Å². The molecule has 13 heavy (non-hydrogen) atoms. The van der Waals surface area contributed by atoms with Crippen LogP contribution in [0.5, 0.6) is 0 Å². The Hall–Kier alpha value is -0.0900. The lowest BCUT2D eigenvalue weighted by molar-refractivity contribution is 0.164. The van der Waals surface area contributed by atoms with Gasteiger partial charge in [0.15, 0.2) is 0 Å². The van der Waals surface area contributed by atoms with Crippen LogP contribution in [0.4, 0.5) is 0 Å². The first kappa shape index (κ1) is 11.0. The highest BCUT2D eigenvalue weighted by Crippen LogP contribution is 2.26. The van der Waals surface area contributed by atoms with Crippen molar-refractivity contribution in [3.63, 3.8) is 0 Å². The Morgan fingerprint density at radius 3 is 2.69 bits per heavy atom. The molecule has 2 atom stereocenters. The number of aliphatic hydroxyl groups is 1. The van der Waals surface area contributed by atoms with E-state index in [4.69, 9.17) is 17.3 Å². The molecule has 0 fully saturated rings. The molecular weight excluding hydrogens is 253 g/mol. The number of hydrogen-bond acceptors (Lipinski definition) is 2. The van der Waals surface area contributed by atoms with E-state index in [0.717, 1.165) is 10.0 Å². The molecule has 0 bridgehead atoms. The number of benzene rings is 1. The number of rotatable bonds is 2. The first-order valence-corrected chi connectivity index (χ1v) is 5.08. The third-order valence-electron chi connectivity index (χ3n) is 1.84. The van der Waals surface area contributed by atoms with Crippen LogP contribution in [-0.2, 0) is 0 Å². The second-order valence-corrected chi connectivity index (χ2v) is 4.26. The summed E-state index contributed by atoms with van der Waals surface area (Å²) in [4.78, 5) is 0. The van der Waals surface area contributed by atoms with Crippen LogP contribution < -0.4 is 5.73 Å². The Balaban J connectivity index is 3.05. The van der Waals surface area contributed by atoms with Crippen molar-refractivity contribution in [2.45, 2.75) is 19.1 Å². The summed E-state index contributed by atoms with van der Waals surface area (Å²) < 4.78 is 0.906. The quantitative estimate of drug-likeness (QED) is 0.862. The van der Waals surface area contributed by atoms with Gasteiger partial charge in [-0.15, -0.1) is 0 Å². The Morgan fingerprint density at radius 2 is 2.15 bits per heavy atom. The summed E-state index contributed by atoms with van der Waals surface area (Å²) in [7, 11) is 0. The molecule has 3 N–H and O–H groups in total. The van der Waals surface area contributed by atoms with E-state index in [0.29, 0.717) is 5.02 Å². The minimum atomic E-state index is -0.605. The normalized spacial score (nSPS) is 15.5. The van der Waals surface area contributed by atoms with Crippen molar-refractivity contribution in [3.8, 4) is 0 Å². The highest BCUT2D eigenvalue weighted by molar-refractivity contribution is 9.10. The fourth-order valence-corrected chi connectivity index (χ4v) is 1.65. The van der Waals surface area contributed by atoms with E-state index in [1.807, 2.05) is 12.1 Å². The molecule has 0 aliphatic carbocycles. The van der Waals surface area contributed by atoms with Gasteiger partial charge in [-0.25, -0.2) is 0 Å². The van der Waals surface area contributed by atoms with Gasteiger partial charge in [-0.1, -0.05) is 27.5 Å². The van der Waals surface area contributed by atoms with Crippen molar-refractivity contribution in [2.75, 3.05) is 0 Å². The van der Waals surface area contributed by atoms with Crippen LogP contribution in [0.3, 0.4) is 0 Å². The van der Waals surface area contributed by atoms with Gasteiger partial charge in [0, 0.05) is 9.50 Å². The fraction of sp³-hybridized carbons (Fsp3) is 0.333. The maximum atomic E-state index is 9.29. The lowest BCUT2D eigenvalue weighted by Crippen LogP contribution is -2.23. The topological polar surface area (TPSA) is 46.2 Å². The third-order valence-corrected chi connectivity index (χ3v) is 2.67. The van der Waals surface area contributed by atoms with Gasteiger partial charge in [-0.2, -0.15) is 0 Å². The molecular formula is C9H11BrClNO. The third kappa shape index (κ3) is 2.68. The van der Waals surface area contributed by atoms with Gasteiger partial charge in [0.25, 0.3) is 0 Å². The molecule has 4 heteroatoms. The maximum Gasteiger partial charge on any atom is 0.0705 e. The van der Waals surface area contributed by atoms with Crippen molar-refractivity contribution in [1.82, 2.24) is 0 Å². The van der Waals surface area contributed by atoms with Gasteiger partial charge in [0.2, 0.25) is 0 Å². The average Bonchev–Trinajstić information content (AvgIpc) is 2.08. The van der Waals surface area contributed by atoms with E-state index < -0.39 is 12.1 Å². The zero-order valence-corrected chi connectivity index (χ0v) is 9.51. The molecule has 0 aliphatic rings. The van der Waals surface area contributed by atoms with E-state index in [1.165, 1.54) is 0 Å². The molecule has 0 radical (unpaired) electrons. The Bertz CT molecular complexity index is 304. The molecule has 0 saturated carbocycles. The molecule has 1 aromatic rings. The predicted octanol–water partition coefficient (Wildman–Crippen LogP) is 2.48. The van der Waals surface area contributed by atoms with E-state index in [1.54, 1.807) is 13.0 Å². The van der Waals surface area contributed by atoms with Gasteiger partial charge in [0.1, 0.15) is 0 Å². The molecule has 0 aliphatic heterocycles. The summed E-state index contributed by atoms with van der Waals surface area (Å²) in [5, 5.41) is 9.87. The number of hydrogen-bond donors (Lipinski definition) is 2. The number of aliphatic hydroxyl groups excluding tert-OH is 1. The van der Waals surface area contributed by atoms with E-state index in [2.05, 4.69) is 15.9 Å². The number of halogens is 2. The molecule has 0 spiro atoms. The van der Waals surface area contributed by atoms with Crippen LogP contribution >= 0.6 is 27.5 Å². The summed E-state index contributed by atoms with van der Waals surface area (Å²) in [6, 6.07) is 4.97. The van der Waals surface area contributed by atoms with Crippen LogP contribution in [0.2, 0.25) is 5.02 Å². The predicted molar refractivity (Wildman–Crippen MR) is 57.8 cm³/mol. The zero-order valence-electron chi connectivity index (χ0n) is 7.17. The minimum Gasteiger partial charge on any atom is -0.391 e. The second kappa shape index (κ2) is 4.42. The molecule has 1 rings (SSSR count). The lowest BCUT2D eigenvalue weighted by atomic mass is 10.0. The van der Waals surface area contributed by atoms with Crippen molar-refractivity contribution >= 4 is 27.5 Å². The molecule has 0 saturated heterocycles. The SMILES string of the molecule is C[C@@H](O)[C@@H](N)c1cc(Br)ccc1Cl. The molecule has 0 unspecified atom stereocenters. The summed E-state index contributed by atoms with van der Waals surface area (Å²) in [6.45, 7) is 1.64. The molecule has 1 aromatic carbocycles. The van der Waals surface area contributed by atoms with E-state index in [9.17, 15) is 5.11 Å². The largest absolute Gasteiger partial charge is 0.391 e. The maximum absolute atomic E-state index is 9.29. The zero-order chi connectivity index (χ0) is 10.0. The van der Waals surface area contributed by atoms with E-state index >= 15 is 0 Å². The minimum absolute atomic E-state index is 0.440. The first-order chi connectivity index (χ1) is 6.02. The first-order valence-electron chi connectivity index (χ1n) is 3.91. The van der Waals surface area contributed by atoms with E-state index in [-0.39, 0.29) is 0 Å². The van der Waals surface area contributed by atoms with Gasteiger partial charge >= 0.3 is 0 Å². The smallest absolute Gasteiger partial charge is 0.0705 e. The summed E-state index contributed by atoms with van der Waals surface area (Å²) in [5.74, 6) is 0. The van der Waals surface area contributed by atoms with Crippen LogP contribution in [0.1, 0.15) is 18.5 Å². The Morgan fingerprint density at radius 1 is 1.54 bits per heavy atom. The Labute approximate surface area is 90.8 Å². The molecule has 0 amide bonds. The summed E-state index contributed by atoms with van der Waals surface area (Å²) in [5.41, 5.74) is 6.51. The highest BCUT2D eigenvalue weighted by Gasteiger charge is 2.15. The highest BCUT2D eigenvalue weighted by atomic mass is 79.9. The molecule has 2 nitrogen and oxygen atoms in total. The second-order valence-electron chi connectivity index (χ2n) is 2.93. The van der Waals surface area contributed by atoms with Crippen LogP contribution in [-0.4, -0.2) is 11.2 Å². The summed E-state index contributed by atoms with van der Waals surface area (Å²) >= 11 is 9.24. The molecule has 0 heterocycles. The van der Waals surface area contributed by atoms with Gasteiger partial charge < -0.3 is 10.8 Å². The van der Waals surface area contributed by atoms with Crippen molar-refractivity contribution < 1.29 is 5.11 Å². The van der Waals surface area contributed by atoms with Crippen molar-refractivity contribution in [1.29, 1.82) is 0 Å².